The van der Waals surface area contributed by atoms with Gasteiger partial charge in [0.1, 0.15) is 11.5 Å². The van der Waals surface area contributed by atoms with Gasteiger partial charge in [0, 0.05) is 18.9 Å². The fourth-order valence-corrected chi connectivity index (χ4v) is 3.76. The van der Waals surface area contributed by atoms with Gasteiger partial charge >= 0.3 is 0 Å². The lowest BCUT2D eigenvalue weighted by atomic mass is 10.1. The third-order valence-corrected chi connectivity index (χ3v) is 5.75. The van der Waals surface area contributed by atoms with Crippen LogP contribution in [0, 0.1) is 0 Å². The molecule has 5 aromatic rings. The lowest BCUT2D eigenvalue weighted by molar-refractivity contribution is 0.0943. The maximum absolute atomic E-state index is 12.9. The highest BCUT2D eigenvalue weighted by Gasteiger charge is 2.20. The number of nitrogens with zero attached hydrogens (tertiary/aromatic N) is 4. The molecule has 10 heteroatoms. The standard InChI is InChI=1S/C28H26N6O4/c1-2-33-18-25(26(32-33)28(36)29-17-23-9-6-16-37-23)30-27(35)24-14-15-34(31-24)19-38-22-12-10-21(11-13-22)20-7-4-3-5-8-20/h3-16,18H,2,17,19H2,1H3,(H,29,36)(H,30,35). The van der Waals surface area contributed by atoms with Crippen LogP contribution in [-0.4, -0.2) is 31.4 Å². The molecule has 2 amide bonds. The molecule has 0 spiro atoms. The van der Waals surface area contributed by atoms with E-state index in [0.717, 1.165) is 11.1 Å². The topological polar surface area (TPSA) is 116 Å². The van der Waals surface area contributed by atoms with Crippen molar-refractivity contribution < 1.29 is 18.7 Å². The molecular formula is C28H26N6O4. The van der Waals surface area contributed by atoms with Crippen LogP contribution in [-0.2, 0) is 19.8 Å². The van der Waals surface area contributed by atoms with Gasteiger partial charge in [-0.15, -0.1) is 0 Å². The molecule has 0 saturated carbocycles. The highest BCUT2D eigenvalue weighted by atomic mass is 16.5. The quantitative estimate of drug-likeness (QED) is 0.284. The first-order valence-electron chi connectivity index (χ1n) is 12.1. The molecule has 5 rings (SSSR count). The maximum atomic E-state index is 12.9. The Hall–Kier alpha value is -5.12. The normalized spacial score (nSPS) is 10.8. The predicted octanol–water partition coefficient (Wildman–Crippen LogP) is 4.58. The Morgan fingerprint density at radius 2 is 1.68 bits per heavy atom. The molecule has 0 atom stereocenters. The molecule has 38 heavy (non-hydrogen) atoms. The number of carbonyl (C=O) groups excluding carboxylic acids is 2. The molecule has 0 bridgehead atoms. The van der Waals surface area contributed by atoms with E-state index in [4.69, 9.17) is 9.15 Å². The van der Waals surface area contributed by atoms with Crippen molar-refractivity contribution in [3.8, 4) is 16.9 Å². The molecule has 2 aromatic carbocycles. The summed E-state index contributed by atoms with van der Waals surface area (Å²) in [6.45, 7) is 2.76. The number of benzene rings is 2. The van der Waals surface area contributed by atoms with Crippen molar-refractivity contribution in [3.05, 3.63) is 109 Å². The molecule has 3 aromatic heterocycles. The number of carbonyl (C=O) groups is 2. The van der Waals surface area contributed by atoms with Gasteiger partial charge in [0.15, 0.2) is 18.1 Å². The maximum Gasteiger partial charge on any atom is 0.276 e. The van der Waals surface area contributed by atoms with Crippen molar-refractivity contribution in [1.29, 1.82) is 0 Å². The molecule has 3 heterocycles. The minimum absolute atomic E-state index is 0.105. The van der Waals surface area contributed by atoms with E-state index < -0.39 is 11.8 Å². The Labute approximate surface area is 218 Å². The van der Waals surface area contributed by atoms with Crippen molar-refractivity contribution in [3.63, 3.8) is 0 Å². The molecule has 0 unspecified atom stereocenters. The highest BCUT2D eigenvalue weighted by Crippen LogP contribution is 2.22. The molecule has 192 valence electrons. The number of furan rings is 1. The minimum Gasteiger partial charge on any atom is -0.471 e. The zero-order chi connectivity index (χ0) is 26.3. The van der Waals surface area contributed by atoms with E-state index in [1.807, 2.05) is 49.4 Å². The summed E-state index contributed by atoms with van der Waals surface area (Å²) in [5.41, 5.74) is 2.80. The first-order chi connectivity index (χ1) is 18.6. The van der Waals surface area contributed by atoms with Gasteiger partial charge in [-0.25, -0.2) is 4.68 Å². The fourth-order valence-electron chi connectivity index (χ4n) is 3.76. The molecule has 0 fully saturated rings. The second-order valence-corrected chi connectivity index (χ2v) is 8.37. The molecule has 2 N–H and O–H groups in total. The molecule has 0 aliphatic heterocycles. The number of hydrogen-bond donors (Lipinski definition) is 2. The van der Waals surface area contributed by atoms with Crippen molar-refractivity contribution >= 4 is 17.5 Å². The Kier molecular flexibility index (Phi) is 7.30. The van der Waals surface area contributed by atoms with Crippen LogP contribution >= 0.6 is 0 Å². The number of rotatable bonds is 10. The second-order valence-electron chi connectivity index (χ2n) is 8.37. The number of aromatic nitrogens is 4. The van der Waals surface area contributed by atoms with Crippen molar-refractivity contribution in [2.45, 2.75) is 26.7 Å². The Morgan fingerprint density at radius 3 is 2.42 bits per heavy atom. The number of amides is 2. The van der Waals surface area contributed by atoms with Crippen molar-refractivity contribution in [2.24, 2.45) is 0 Å². The summed E-state index contributed by atoms with van der Waals surface area (Å²) < 4.78 is 14.2. The van der Waals surface area contributed by atoms with Crippen LogP contribution in [0.5, 0.6) is 5.75 Å². The summed E-state index contributed by atoms with van der Waals surface area (Å²) in [5.74, 6) is 0.398. The lowest BCUT2D eigenvalue weighted by Crippen LogP contribution is -2.25. The van der Waals surface area contributed by atoms with Gasteiger partial charge < -0.3 is 19.8 Å². The van der Waals surface area contributed by atoms with E-state index in [1.165, 1.54) is 10.9 Å². The van der Waals surface area contributed by atoms with Crippen LogP contribution in [0.25, 0.3) is 11.1 Å². The van der Waals surface area contributed by atoms with E-state index in [2.05, 4.69) is 33.0 Å². The summed E-state index contributed by atoms with van der Waals surface area (Å²) in [6.07, 6.45) is 4.79. The molecule has 0 saturated heterocycles. The zero-order valence-corrected chi connectivity index (χ0v) is 20.7. The summed E-state index contributed by atoms with van der Waals surface area (Å²) in [7, 11) is 0. The van der Waals surface area contributed by atoms with Gasteiger partial charge in [-0.3, -0.25) is 14.3 Å². The van der Waals surface area contributed by atoms with Crippen LogP contribution in [0.15, 0.2) is 95.9 Å². The van der Waals surface area contributed by atoms with Crippen molar-refractivity contribution in [1.82, 2.24) is 24.9 Å². The van der Waals surface area contributed by atoms with E-state index in [9.17, 15) is 9.59 Å². The number of nitrogens with one attached hydrogen (secondary N) is 2. The lowest BCUT2D eigenvalue weighted by Gasteiger charge is -2.08. The number of ether oxygens (including phenoxy) is 1. The van der Waals surface area contributed by atoms with E-state index in [0.29, 0.717) is 18.1 Å². The SMILES string of the molecule is CCn1cc(NC(=O)c2ccn(COc3ccc(-c4ccccc4)cc3)n2)c(C(=O)NCc2ccco2)n1. The smallest absolute Gasteiger partial charge is 0.276 e. The average molecular weight is 511 g/mol. The largest absolute Gasteiger partial charge is 0.471 e. The first-order valence-corrected chi connectivity index (χ1v) is 12.1. The van der Waals surface area contributed by atoms with E-state index >= 15 is 0 Å². The Bertz CT molecular complexity index is 1500. The molecule has 0 radical (unpaired) electrons. The summed E-state index contributed by atoms with van der Waals surface area (Å²) >= 11 is 0. The number of hydrogen-bond acceptors (Lipinski definition) is 6. The van der Waals surface area contributed by atoms with Crippen LogP contribution in [0.2, 0.25) is 0 Å². The summed E-state index contributed by atoms with van der Waals surface area (Å²) in [5, 5.41) is 14.1. The molecule has 0 aliphatic rings. The highest BCUT2D eigenvalue weighted by molar-refractivity contribution is 6.07. The monoisotopic (exact) mass is 510 g/mol. The number of anilines is 1. The molecule has 0 aliphatic carbocycles. The first kappa shape index (κ1) is 24.6. The van der Waals surface area contributed by atoms with E-state index in [-0.39, 0.29) is 30.4 Å². The average Bonchev–Trinajstić information content (AvgIpc) is 3.73. The van der Waals surface area contributed by atoms with Gasteiger partial charge in [-0.2, -0.15) is 10.2 Å². The van der Waals surface area contributed by atoms with Gasteiger partial charge in [-0.1, -0.05) is 42.5 Å². The number of aryl methyl sites for hydroxylation is 1. The third kappa shape index (κ3) is 5.81. The Morgan fingerprint density at radius 1 is 0.895 bits per heavy atom. The van der Waals surface area contributed by atoms with Gasteiger partial charge in [0.2, 0.25) is 0 Å². The minimum atomic E-state index is -0.466. The van der Waals surface area contributed by atoms with Gasteiger partial charge in [0.05, 0.1) is 18.5 Å². The van der Waals surface area contributed by atoms with Gasteiger partial charge in [-0.05, 0) is 48.4 Å². The predicted molar refractivity (Wildman–Crippen MR) is 140 cm³/mol. The summed E-state index contributed by atoms with van der Waals surface area (Å²) in [4.78, 5) is 25.6. The van der Waals surface area contributed by atoms with Crippen LogP contribution in [0.1, 0.15) is 33.7 Å². The van der Waals surface area contributed by atoms with Crippen molar-refractivity contribution in [2.75, 3.05) is 5.32 Å². The van der Waals surface area contributed by atoms with E-state index in [1.54, 1.807) is 35.3 Å². The zero-order valence-electron chi connectivity index (χ0n) is 20.7. The van der Waals surface area contributed by atoms with Gasteiger partial charge in [0.25, 0.3) is 11.8 Å². The van der Waals surface area contributed by atoms with Crippen LogP contribution in [0.3, 0.4) is 0 Å². The second kappa shape index (κ2) is 11.3. The third-order valence-electron chi connectivity index (χ3n) is 5.75. The Balaban J connectivity index is 1.19. The molecule has 10 nitrogen and oxygen atoms in total. The van der Waals surface area contributed by atoms with Crippen LogP contribution < -0.4 is 15.4 Å². The van der Waals surface area contributed by atoms with Crippen LogP contribution in [0.4, 0.5) is 5.69 Å². The summed E-state index contributed by atoms with van der Waals surface area (Å²) in [6, 6.07) is 22.9. The molecular weight excluding hydrogens is 484 g/mol. The fraction of sp³-hybridized carbons (Fsp3) is 0.143.